The molecule has 0 radical (unpaired) electrons. The predicted molar refractivity (Wildman–Crippen MR) is 131 cm³/mol. The number of hydrogen-bond acceptors (Lipinski definition) is 8. The number of thioether (sulfide) groups is 1. The lowest BCUT2D eigenvalue weighted by Crippen LogP contribution is -2.32. The van der Waals surface area contributed by atoms with E-state index < -0.39 is 0 Å². The van der Waals surface area contributed by atoms with Gasteiger partial charge in [0.2, 0.25) is 16.9 Å². The molecule has 0 bridgehead atoms. The molecule has 0 aliphatic heterocycles. The van der Waals surface area contributed by atoms with E-state index in [9.17, 15) is 14.4 Å². The topological polar surface area (TPSA) is 109 Å². The fourth-order valence-corrected chi connectivity index (χ4v) is 5.16. The summed E-state index contributed by atoms with van der Waals surface area (Å²) >= 11 is 2.58. The lowest BCUT2D eigenvalue weighted by molar-refractivity contribution is -0.118. The van der Waals surface area contributed by atoms with Gasteiger partial charge < -0.3 is 14.6 Å². The van der Waals surface area contributed by atoms with Crippen LogP contribution in [0.25, 0.3) is 0 Å². The number of rotatable bonds is 10. The molecule has 0 saturated heterocycles. The molecule has 3 amide bonds. The average molecular weight is 500 g/mol. The number of aromatic nitrogens is 2. The van der Waals surface area contributed by atoms with Gasteiger partial charge in [0.25, 0.3) is 5.91 Å². The summed E-state index contributed by atoms with van der Waals surface area (Å²) in [6.07, 6.45) is 3.92. The van der Waals surface area contributed by atoms with Crippen molar-refractivity contribution in [1.29, 1.82) is 0 Å². The second-order valence-corrected chi connectivity index (χ2v) is 9.90. The lowest BCUT2D eigenvalue weighted by atomic mass is 10.1. The maximum atomic E-state index is 12.9. The molecule has 0 unspecified atom stereocenters. The maximum absolute atomic E-state index is 12.9. The summed E-state index contributed by atoms with van der Waals surface area (Å²) in [4.78, 5) is 41.1. The van der Waals surface area contributed by atoms with Crippen molar-refractivity contribution < 1.29 is 18.8 Å². The molecule has 2 heterocycles. The van der Waals surface area contributed by atoms with Gasteiger partial charge in [-0.1, -0.05) is 42.2 Å². The molecule has 0 atom stereocenters. The highest BCUT2D eigenvalue weighted by Crippen LogP contribution is 2.36. The van der Waals surface area contributed by atoms with Crippen molar-refractivity contribution >= 4 is 51.6 Å². The summed E-state index contributed by atoms with van der Waals surface area (Å²) in [5.74, 6) is 0.320. The van der Waals surface area contributed by atoms with Crippen molar-refractivity contribution in [3.05, 3.63) is 54.0 Å². The van der Waals surface area contributed by atoms with Gasteiger partial charge in [0, 0.05) is 19.5 Å². The van der Waals surface area contributed by atoms with Gasteiger partial charge in [-0.2, -0.15) is 0 Å². The van der Waals surface area contributed by atoms with Gasteiger partial charge in [0.05, 0.1) is 29.8 Å². The Morgan fingerprint density at radius 1 is 1.15 bits per heavy atom. The molecular weight excluding hydrogens is 474 g/mol. The van der Waals surface area contributed by atoms with Gasteiger partial charge in [-0.15, -0.1) is 10.2 Å². The van der Waals surface area contributed by atoms with Crippen LogP contribution in [0, 0.1) is 0 Å². The van der Waals surface area contributed by atoms with Crippen molar-refractivity contribution in [2.45, 2.75) is 43.1 Å². The molecule has 178 valence electrons. The van der Waals surface area contributed by atoms with E-state index >= 15 is 0 Å². The molecule has 1 aliphatic carbocycles. The number of amides is 3. The second-order valence-electron chi connectivity index (χ2n) is 7.72. The van der Waals surface area contributed by atoms with Crippen LogP contribution in [0.5, 0.6) is 0 Å². The van der Waals surface area contributed by atoms with E-state index in [2.05, 4.69) is 15.5 Å². The number of nitrogens with one attached hydrogen (secondary N) is 1. The highest BCUT2D eigenvalue weighted by Gasteiger charge is 2.35. The summed E-state index contributed by atoms with van der Waals surface area (Å²) in [7, 11) is 1.64. The number of benzene rings is 1. The minimum atomic E-state index is -0.297. The zero-order valence-corrected chi connectivity index (χ0v) is 20.5. The molecular formula is C23H25N5O4S2. The van der Waals surface area contributed by atoms with Crippen LogP contribution in [-0.4, -0.2) is 46.8 Å². The molecule has 4 rings (SSSR count). The average Bonchev–Trinajstić information content (AvgIpc) is 3.34. The first-order valence-corrected chi connectivity index (χ1v) is 12.7. The molecule has 1 N–H and O–H groups in total. The standard InChI is InChI=1S/C23H25N5O4S2/c1-3-19(29)28(15-10-11-15)22-25-26-23(34-22)33-14-20(30)27(2)18-9-5-4-8-17(18)21(31)24-13-16-7-6-12-32-16/h4-9,12,15H,3,10-11,13-14H2,1-2H3,(H,24,31). The Morgan fingerprint density at radius 3 is 2.65 bits per heavy atom. The zero-order valence-electron chi connectivity index (χ0n) is 18.9. The van der Waals surface area contributed by atoms with Crippen molar-refractivity contribution in [3.8, 4) is 0 Å². The lowest BCUT2D eigenvalue weighted by Gasteiger charge is -2.20. The van der Waals surface area contributed by atoms with E-state index in [1.807, 2.05) is 6.92 Å². The molecule has 1 saturated carbocycles. The van der Waals surface area contributed by atoms with Crippen LogP contribution in [0.3, 0.4) is 0 Å². The Hall–Kier alpha value is -3.18. The summed E-state index contributed by atoms with van der Waals surface area (Å²) in [6, 6.07) is 10.7. The number of anilines is 2. The quantitative estimate of drug-likeness (QED) is 0.334. The highest BCUT2D eigenvalue weighted by molar-refractivity contribution is 8.01. The van der Waals surface area contributed by atoms with E-state index in [0.29, 0.717) is 32.9 Å². The summed E-state index contributed by atoms with van der Waals surface area (Å²) in [5, 5.41) is 11.7. The van der Waals surface area contributed by atoms with Crippen molar-refractivity contribution in [2.24, 2.45) is 0 Å². The fourth-order valence-electron chi connectivity index (χ4n) is 3.32. The summed E-state index contributed by atoms with van der Waals surface area (Å²) in [6.45, 7) is 2.09. The van der Waals surface area contributed by atoms with Gasteiger partial charge >= 0.3 is 0 Å². The molecule has 2 aromatic heterocycles. The normalized spacial score (nSPS) is 12.9. The third-order valence-corrected chi connectivity index (χ3v) is 7.33. The first-order valence-electron chi connectivity index (χ1n) is 10.9. The fraction of sp³-hybridized carbons (Fsp3) is 0.348. The van der Waals surface area contributed by atoms with E-state index in [-0.39, 0.29) is 36.1 Å². The van der Waals surface area contributed by atoms with Crippen LogP contribution in [0.15, 0.2) is 51.4 Å². The third kappa shape index (κ3) is 5.65. The van der Waals surface area contributed by atoms with Crippen LogP contribution in [-0.2, 0) is 16.1 Å². The number of hydrogen-bond donors (Lipinski definition) is 1. The molecule has 34 heavy (non-hydrogen) atoms. The number of para-hydroxylation sites is 1. The Bertz CT molecular complexity index is 1160. The molecule has 1 fully saturated rings. The molecule has 1 aromatic carbocycles. The van der Waals surface area contributed by atoms with Crippen LogP contribution in [0.2, 0.25) is 0 Å². The Kier molecular flexibility index (Phi) is 7.63. The summed E-state index contributed by atoms with van der Waals surface area (Å²) in [5.41, 5.74) is 0.905. The Morgan fingerprint density at radius 2 is 1.94 bits per heavy atom. The van der Waals surface area contributed by atoms with E-state index in [1.165, 1.54) is 28.0 Å². The largest absolute Gasteiger partial charge is 0.467 e. The smallest absolute Gasteiger partial charge is 0.253 e. The number of furan rings is 1. The van der Waals surface area contributed by atoms with E-state index in [0.717, 1.165) is 12.8 Å². The highest BCUT2D eigenvalue weighted by atomic mass is 32.2. The number of nitrogens with zero attached hydrogens (tertiary/aromatic N) is 4. The molecule has 1 aliphatic rings. The second kappa shape index (κ2) is 10.8. The monoisotopic (exact) mass is 499 g/mol. The van der Waals surface area contributed by atoms with Gasteiger partial charge in [0.15, 0.2) is 4.34 Å². The molecule has 9 nitrogen and oxygen atoms in total. The Balaban J connectivity index is 1.37. The first-order chi connectivity index (χ1) is 16.5. The molecule has 11 heteroatoms. The molecule has 3 aromatic rings. The van der Waals surface area contributed by atoms with Crippen molar-refractivity contribution in [1.82, 2.24) is 15.5 Å². The minimum absolute atomic E-state index is 0.0351. The van der Waals surface area contributed by atoms with Gasteiger partial charge in [-0.25, -0.2) is 0 Å². The van der Waals surface area contributed by atoms with E-state index in [1.54, 1.807) is 54.6 Å². The van der Waals surface area contributed by atoms with Crippen LogP contribution in [0.4, 0.5) is 10.8 Å². The zero-order chi connectivity index (χ0) is 24.1. The number of carbonyl (C=O) groups is 3. The maximum Gasteiger partial charge on any atom is 0.253 e. The SMILES string of the molecule is CCC(=O)N(c1nnc(SCC(=O)N(C)c2ccccc2C(=O)NCc2ccco2)s1)C1CC1. The van der Waals surface area contributed by atoms with Crippen LogP contribution in [0.1, 0.15) is 42.3 Å². The summed E-state index contributed by atoms with van der Waals surface area (Å²) < 4.78 is 5.87. The molecule has 0 spiro atoms. The van der Waals surface area contributed by atoms with Crippen LogP contribution < -0.4 is 15.1 Å². The van der Waals surface area contributed by atoms with Gasteiger partial charge in [0.1, 0.15) is 5.76 Å². The first kappa shape index (κ1) is 24.0. The minimum Gasteiger partial charge on any atom is -0.467 e. The van der Waals surface area contributed by atoms with E-state index in [4.69, 9.17) is 4.42 Å². The Labute approximate surface area is 205 Å². The van der Waals surface area contributed by atoms with Crippen molar-refractivity contribution in [3.63, 3.8) is 0 Å². The number of carbonyl (C=O) groups excluding carboxylic acids is 3. The third-order valence-electron chi connectivity index (χ3n) is 5.29. The van der Waals surface area contributed by atoms with Crippen LogP contribution >= 0.6 is 23.1 Å². The van der Waals surface area contributed by atoms with Gasteiger partial charge in [-0.3, -0.25) is 19.3 Å². The van der Waals surface area contributed by atoms with Gasteiger partial charge in [-0.05, 0) is 37.1 Å². The predicted octanol–water partition coefficient (Wildman–Crippen LogP) is 3.72. The van der Waals surface area contributed by atoms with Crippen molar-refractivity contribution in [2.75, 3.05) is 22.6 Å².